The Morgan fingerprint density at radius 2 is 1.85 bits per heavy atom. The van der Waals surface area contributed by atoms with Crippen LogP contribution < -0.4 is 0 Å². The number of para-hydroxylation sites is 1. The molecule has 0 unspecified atom stereocenters. The molecule has 0 amide bonds. The van der Waals surface area contributed by atoms with Gasteiger partial charge >= 0.3 is 0 Å². The van der Waals surface area contributed by atoms with E-state index in [9.17, 15) is 0 Å². The number of nitrogens with one attached hydrogen (secondary N) is 1. The molecule has 1 N–H and O–H groups in total. The van der Waals surface area contributed by atoms with Gasteiger partial charge in [0.2, 0.25) is 0 Å². The van der Waals surface area contributed by atoms with Gasteiger partial charge in [0.25, 0.3) is 0 Å². The van der Waals surface area contributed by atoms with Crippen molar-refractivity contribution < 1.29 is 0 Å². The van der Waals surface area contributed by atoms with Crippen molar-refractivity contribution >= 4 is 33.5 Å². The summed E-state index contributed by atoms with van der Waals surface area (Å²) in [4.78, 5) is 12.3. The van der Waals surface area contributed by atoms with Gasteiger partial charge in [0.05, 0.1) is 16.6 Å². The maximum atomic E-state index is 5.99. The van der Waals surface area contributed by atoms with Crippen LogP contribution in [-0.2, 0) is 0 Å². The van der Waals surface area contributed by atoms with Crippen molar-refractivity contribution in [1.82, 2.24) is 15.0 Å². The first-order chi connectivity index (χ1) is 9.79. The highest BCUT2D eigenvalue weighted by Gasteiger charge is 2.07. The van der Waals surface area contributed by atoms with Gasteiger partial charge in [0.15, 0.2) is 0 Å². The molecule has 0 fully saturated rings. The number of benzene rings is 2. The Kier molecular flexibility index (Phi) is 2.47. The molecule has 0 spiro atoms. The third-order valence-electron chi connectivity index (χ3n) is 3.31. The molecule has 20 heavy (non-hydrogen) atoms. The summed E-state index contributed by atoms with van der Waals surface area (Å²) in [5.41, 5.74) is 3.78. The Morgan fingerprint density at radius 1 is 0.950 bits per heavy atom. The number of hydrogen-bond acceptors (Lipinski definition) is 2. The smallest absolute Gasteiger partial charge is 0.140 e. The third-order valence-corrected chi connectivity index (χ3v) is 3.54. The van der Waals surface area contributed by atoms with E-state index in [0.717, 1.165) is 33.3 Å². The minimum absolute atomic E-state index is 0.698. The van der Waals surface area contributed by atoms with Gasteiger partial charge in [-0.15, -0.1) is 0 Å². The summed E-state index contributed by atoms with van der Waals surface area (Å²) in [6, 6.07) is 15.7. The van der Waals surface area contributed by atoms with E-state index in [0.29, 0.717) is 5.02 Å². The van der Waals surface area contributed by atoms with Gasteiger partial charge in [-0.05, 0) is 30.3 Å². The van der Waals surface area contributed by atoms with Crippen LogP contribution in [0, 0.1) is 0 Å². The summed E-state index contributed by atoms with van der Waals surface area (Å²) in [5.74, 6) is 0.806. The summed E-state index contributed by atoms with van der Waals surface area (Å²) in [6.45, 7) is 0. The van der Waals surface area contributed by atoms with Gasteiger partial charge in [0, 0.05) is 22.2 Å². The van der Waals surface area contributed by atoms with Crippen LogP contribution in [0.15, 0.2) is 54.7 Å². The molecule has 0 radical (unpaired) electrons. The molecule has 4 rings (SSSR count). The Morgan fingerprint density at radius 3 is 2.80 bits per heavy atom. The molecule has 2 aromatic heterocycles. The second-order valence-corrected chi connectivity index (χ2v) is 5.10. The fourth-order valence-electron chi connectivity index (χ4n) is 2.32. The fraction of sp³-hybridized carbons (Fsp3) is 0. The van der Waals surface area contributed by atoms with Gasteiger partial charge in [-0.3, -0.25) is 4.98 Å². The first-order valence-electron chi connectivity index (χ1n) is 6.30. The second-order valence-electron chi connectivity index (χ2n) is 4.66. The summed E-state index contributed by atoms with van der Waals surface area (Å²) in [5, 5.41) is 1.80. The van der Waals surface area contributed by atoms with Crippen LogP contribution in [-0.4, -0.2) is 15.0 Å². The van der Waals surface area contributed by atoms with Crippen LogP contribution in [0.25, 0.3) is 33.3 Å². The lowest BCUT2D eigenvalue weighted by molar-refractivity contribution is 1.31. The Balaban J connectivity index is 1.91. The number of imidazole rings is 1. The molecule has 3 nitrogen and oxygen atoms in total. The molecule has 0 atom stereocenters. The normalized spacial score (nSPS) is 11.2. The largest absolute Gasteiger partial charge is 0.338 e. The van der Waals surface area contributed by atoms with Crippen LogP contribution in [0.2, 0.25) is 5.02 Å². The van der Waals surface area contributed by atoms with Crippen molar-refractivity contribution in [3.05, 3.63) is 59.8 Å². The summed E-state index contributed by atoms with van der Waals surface area (Å²) >= 11 is 5.99. The van der Waals surface area contributed by atoms with E-state index in [1.807, 2.05) is 48.7 Å². The van der Waals surface area contributed by atoms with Crippen LogP contribution in [0.3, 0.4) is 0 Å². The van der Waals surface area contributed by atoms with E-state index in [4.69, 9.17) is 11.6 Å². The van der Waals surface area contributed by atoms with Gasteiger partial charge in [0.1, 0.15) is 5.82 Å². The van der Waals surface area contributed by atoms with E-state index >= 15 is 0 Å². The van der Waals surface area contributed by atoms with Crippen LogP contribution in [0.5, 0.6) is 0 Å². The van der Waals surface area contributed by atoms with E-state index in [1.54, 1.807) is 0 Å². The predicted octanol–water partition coefficient (Wildman–Crippen LogP) is 4.43. The molecule has 96 valence electrons. The molecular formula is C16H10ClN3. The number of halogens is 1. The molecular weight excluding hydrogens is 270 g/mol. The number of rotatable bonds is 1. The van der Waals surface area contributed by atoms with Gasteiger partial charge < -0.3 is 4.98 Å². The standard InChI is InChI=1S/C16H10ClN3/c17-12-5-6-14-15(8-12)20-16(19-14)11-7-10-3-1-2-4-13(10)18-9-11/h1-9H,(H,19,20). The monoisotopic (exact) mass is 279 g/mol. The highest BCUT2D eigenvalue weighted by Crippen LogP contribution is 2.24. The molecule has 0 saturated carbocycles. The lowest BCUT2D eigenvalue weighted by Crippen LogP contribution is -1.84. The van der Waals surface area contributed by atoms with Crippen molar-refractivity contribution in [1.29, 1.82) is 0 Å². The van der Waals surface area contributed by atoms with E-state index in [2.05, 4.69) is 21.0 Å². The summed E-state index contributed by atoms with van der Waals surface area (Å²) in [6.07, 6.45) is 1.83. The Hall–Kier alpha value is -2.39. The van der Waals surface area contributed by atoms with Gasteiger partial charge in [-0.1, -0.05) is 29.8 Å². The van der Waals surface area contributed by atoms with Crippen LogP contribution >= 0.6 is 11.6 Å². The average molecular weight is 280 g/mol. The number of aromatic amines is 1. The van der Waals surface area contributed by atoms with Gasteiger partial charge in [-0.2, -0.15) is 0 Å². The molecule has 0 aliphatic carbocycles. The fourth-order valence-corrected chi connectivity index (χ4v) is 2.49. The van der Waals surface area contributed by atoms with Crippen molar-refractivity contribution in [2.24, 2.45) is 0 Å². The maximum Gasteiger partial charge on any atom is 0.140 e. The number of aromatic nitrogens is 3. The number of pyridine rings is 1. The van der Waals surface area contributed by atoms with Crippen LogP contribution in [0.1, 0.15) is 0 Å². The first-order valence-corrected chi connectivity index (χ1v) is 6.68. The molecule has 0 bridgehead atoms. The first kappa shape index (κ1) is 11.4. The van der Waals surface area contributed by atoms with Crippen molar-refractivity contribution in [2.75, 3.05) is 0 Å². The van der Waals surface area contributed by atoms with E-state index < -0.39 is 0 Å². The number of H-pyrrole nitrogens is 1. The minimum Gasteiger partial charge on any atom is -0.338 e. The summed E-state index contributed by atoms with van der Waals surface area (Å²) in [7, 11) is 0. The van der Waals surface area contributed by atoms with E-state index in [1.165, 1.54) is 0 Å². The lowest BCUT2D eigenvalue weighted by atomic mass is 10.1. The Labute approximate surface area is 120 Å². The average Bonchev–Trinajstić information content (AvgIpc) is 2.89. The molecule has 2 aromatic carbocycles. The number of hydrogen-bond donors (Lipinski definition) is 1. The SMILES string of the molecule is Clc1ccc2nc(-c3cnc4ccccc4c3)[nH]c2c1. The molecule has 4 heteroatoms. The van der Waals surface area contributed by atoms with Gasteiger partial charge in [-0.25, -0.2) is 4.98 Å². The van der Waals surface area contributed by atoms with Crippen LogP contribution in [0.4, 0.5) is 0 Å². The van der Waals surface area contributed by atoms with Crippen molar-refractivity contribution in [3.8, 4) is 11.4 Å². The zero-order valence-corrected chi connectivity index (χ0v) is 11.2. The number of fused-ring (bicyclic) bond motifs is 2. The molecule has 0 saturated heterocycles. The zero-order valence-electron chi connectivity index (χ0n) is 10.5. The van der Waals surface area contributed by atoms with E-state index in [-0.39, 0.29) is 0 Å². The second kappa shape index (κ2) is 4.32. The number of nitrogens with zero attached hydrogens (tertiary/aromatic N) is 2. The highest BCUT2D eigenvalue weighted by molar-refractivity contribution is 6.31. The lowest BCUT2D eigenvalue weighted by Gasteiger charge is -1.99. The molecule has 2 heterocycles. The zero-order chi connectivity index (χ0) is 13.5. The minimum atomic E-state index is 0.698. The molecule has 0 aliphatic rings. The maximum absolute atomic E-state index is 5.99. The van der Waals surface area contributed by atoms with Crippen molar-refractivity contribution in [2.45, 2.75) is 0 Å². The third kappa shape index (κ3) is 1.84. The molecule has 4 aromatic rings. The highest BCUT2D eigenvalue weighted by atomic mass is 35.5. The quantitative estimate of drug-likeness (QED) is 0.560. The van der Waals surface area contributed by atoms with Crippen molar-refractivity contribution in [3.63, 3.8) is 0 Å². The topological polar surface area (TPSA) is 41.6 Å². The predicted molar refractivity (Wildman–Crippen MR) is 81.8 cm³/mol. The Bertz CT molecular complexity index is 927. The molecule has 0 aliphatic heterocycles. The summed E-state index contributed by atoms with van der Waals surface area (Å²) < 4.78 is 0.